The van der Waals surface area contributed by atoms with E-state index in [0.29, 0.717) is 11.7 Å². The molecule has 0 aromatic carbocycles. The van der Waals surface area contributed by atoms with Crippen LogP contribution in [0.1, 0.15) is 39.0 Å². The van der Waals surface area contributed by atoms with Gasteiger partial charge in [-0.3, -0.25) is 0 Å². The second-order valence-electron chi connectivity index (χ2n) is 5.05. The van der Waals surface area contributed by atoms with E-state index in [1.54, 1.807) is 6.33 Å². The number of rotatable bonds is 3. The van der Waals surface area contributed by atoms with Crippen molar-refractivity contribution in [2.45, 2.75) is 45.1 Å². The fraction of sp³-hybridized carbons (Fsp3) is 0.615. The van der Waals surface area contributed by atoms with Crippen LogP contribution in [-0.4, -0.2) is 32.5 Å². The van der Waals surface area contributed by atoms with Gasteiger partial charge in [-0.25, -0.2) is 4.98 Å². The lowest BCUT2D eigenvalue weighted by Gasteiger charge is -2.36. The Morgan fingerprint density at radius 3 is 3.16 bits per heavy atom. The molecule has 2 aromatic heterocycles. The van der Waals surface area contributed by atoms with Crippen LogP contribution in [0.5, 0.6) is 0 Å². The molecule has 5 nitrogen and oxygen atoms in total. The van der Waals surface area contributed by atoms with Crippen molar-refractivity contribution in [3.63, 3.8) is 0 Å². The summed E-state index contributed by atoms with van der Waals surface area (Å²) in [6, 6.07) is 0.552. The molecule has 0 radical (unpaired) electrons. The van der Waals surface area contributed by atoms with Crippen molar-refractivity contribution in [2.75, 3.05) is 11.4 Å². The molecule has 0 bridgehead atoms. The SMILES string of the molecule is CCCC1CCCCN1c1nc(Cl)nc2nc[nH]c12. The lowest BCUT2D eigenvalue weighted by Crippen LogP contribution is -2.40. The molecule has 3 rings (SSSR count). The maximum atomic E-state index is 6.02. The third-order valence-corrected chi connectivity index (χ3v) is 3.93. The van der Waals surface area contributed by atoms with Crippen molar-refractivity contribution < 1.29 is 0 Å². The first-order chi connectivity index (χ1) is 9.29. The van der Waals surface area contributed by atoms with Gasteiger partial charge in [0.2, 0.25) is 5.28 Å². The lowest BCUT2D eigenvalue weighted by molar-refractivity contribution is 0.432. The number of anilines is 1. The first kappa shape index (κ1) is 12.7. The number of hydrogen-bond donors (Lipinski definition) is 1. The normalized spacial score (nSPS) is 20.1. The number of aromatic nitrogens is 4. The minimum absolute atomic E-state index is 0.274. The van der Waals surface area contributed by atoms with E-state index in [1.165, 1.54) is 32.1 Å². The van der Waals surface area contributed by atoms with Crippen molar-refractivity contribution in [3.05, 3.63) is 11.6 Å². The summed E-state index contributed by atoms with van der Waals surface area (Å²) in [5.41, 5.74) is 1.54. The Kier molecular flexibility index (Phi) is 3.55. The molecule has 2 aromatic rings. The maximum Gasteiger partial charge on any atom is 0.226 e. The van der Waals surface area contributed by atoms with Crippen molar-refractivity contribution in [2.24, 2.45) is 0 Å². The van der Waals surface area contributed by atoms with Gasteiger partial charge in [0.05, 0.1) is 6.33 Å². The molecular weight excluding hydrogens is 262 g/mol. The largest absolute Gasteiger partial charge is 0.352 e. The van der Waals surface area contributed by atoms with Crippen LogP contribution in [0.15, 0.2) is 6.33 Å². The molecular formula is C13H18ClN5. The molecule has 1 unspecified atom stereocenters. The summed E-state index contributed by atoms with van der Waals surface area (Å²) in [7, 11) is 0. The van der Waals surface area contributed by atoms with Gasteiger partial charge in [0.25, 0.3) is 0 Å². The smallest absolute Gasteiger partial charge is 0.226 e. The first-order valence-electron chi connectivity index (χ1n) is 6.93. The van der Waals surface area contributed by atoms with Gasteiger partial charge < -0.3 is 9.88 Å². The number of hydrogen-bond acceptors (Lipinski definition) is 4. The van der Waals surface area contributed by atoms with Gasteiger partial charge in [0.1, 0.15) is 5.52 Å². The molecule has 1 atom stereocenters. The van der Waals surface area contributed by atoms with Crippen LogP contribution in [0, 0.1) is 0 Å². The maximum absolute atomic E-state index is 6.02. The molecule has 102 valence electrons. The molecule has 0 saturated carbocycles. The highest BCUT2D eigenvalue weighted by Gasteiger charge is 2.25. The summed E-state index contributed by atoms with van der Waals surface area (Å²) in [4.78, 5) is 18.3. The molecule has 1 saturated heterocycles. The summed E-state index contributed by atoms with van der Waals surface area (Å²) in [6.45, 7) is 3.26. The number of halogens is 1. The van der Waals surface area contributed by atoms with Crippen LogP contribution in [0.25, 0.3) is 11.2 Å². The highest BCUT2D eigenvalue weighted by atomic mass is 35.5. The van der Waals surface area contributed by atoms with Crippen LogP contribution in [0.3, 0.4) is 0 Å². The highest BCUT2D eigenvalue weighted by Crippen LogP contribution is 2.30. The molecule has 0 aliphatic carbocycles. The van der Waals surface area contributed by atoms with Crippen molar-refractivity contribution in [3.8, 4) is 0 Å². The fourth-order valence-electron chi connectivity index (χ4n) is 2.91. The summed E-state index contributed by atoms with van der Waals surface area (Å²) < 4.78 is 0. The Balaban J connectivity index is 2.03. The molecule has 0 spiro atoms. The van der Waals surface area contributed by atoms with Gasteiger partial charge in [0, 0.05) is 12.6 Å². The van der Waals surface area contributed by atoms with E-state index < -0.39 is 0 Å². The Labute approximate surface area is 117 Å². The predicted molar refractivity (Wildman–Crippen MR) is 76.6 cm³/mol. The quantitative estimate of drug-likeness (QED) is 0.877. The zero-order valence-electron chi connectivity index (χ0n) is 11.1. The minimum Gasteiger partial charge on any atom is -0.352 e. The monoisotopic (exact) mass is 279 g/mol. The van der Waals surface area contributed by atoms with Crippen LogP contribution >= 0.6 is 11.6 Å². The third-order valence-electron chi connectivity index (χ3n) is 3.76. The molecule has 1 fully saturated rings. The Morgan fingerprint density at radius 2 is 2.32 bits per heavy atom. The predicted octanol–water partition coefficient (Wildman–Crippen LogP) is 3.17. The van der Waals surface area contributed by atoms with E-state index >= 15 is 0 Å². The van der Waals surface area contributed by atoms with E-state index in [4.69, 9.17) is 11.6 Å². The third kappa shape index (κ3) is 2.39. The number of aromatic amines is 1. The molecule has 1 N–H and O–H groups in total. The van der Waals surface area contributed by atoms with Crippen LogP contribution in [0.4, 0.5) is 5.82 Å². The summed E-state index contributed by atoms with van der Waals surface area (Å²) in [6.07, 6.45) is 7.76. The van der Waals surface area contributed by atoms with Gasteiger partial charge in [-0.15, -0.1) is 0 Å². The number of H-pyrrole nitrogens is 1. The average Bonchev–Trinajstić information content (AvgIpc) is 2.87. The van der Waals surface area contributed by atoms with E-state index in [0.717, 1.165) is 17.9 Å². The minimum atomic E-state index is 0.274. The number of fused-ring (bicyclic) bond motifs is 1. The lowest BCUT2D eigenvalue weighted by atomic mass is 9.98. The van der Waals surface area contributed by atoms with E-state index in [9.17, 15) is 0 Å². The molecule has 6 heteroatoms. The van der Waals surface area contributed by atoms with Gasteiger partial charge >= 0.3 is 0 Å². The van der Waals surface area contributed by atoms with E-state index in [1.807, 2.05) is 0 Å². The van der Waals surface area contributed by atoms with Crippen LogP contribution in [-0.2, 0) is 0 Å². The second kappa shape index (κ2) is 5.33. The Hall–Kier alpha value is -1.36. The molecule has 1 aliphatic rings. The summed E-state index contributed by atoms with van der Waals surface area (Å²) in [5, 5.41) is 0.274. The van der Waals surface area contributed by atoms with Gasteiger partial charge in [0.15, 0.2) is 11.5 Å². The molecule has 1 aliphatic heterocycles. The van der Waals surface area contributed by atoms with E-state index in [-0.39, 0.29) is 5.28 Å². The number of imidazole rings is 1. The molecule has 19 heavy (non-hydrogen) atoms. The second-order valence-corrected chi connectivity index (χ2v) is 5.39. The summed E-state index contributed by atoms with van der Waals surface area (Å²) >= 11 is 6.02. The standard InChI is InChI=1S/C13H18ClN5/c1-2-5-9-6-3-4-7-19(9)12-10-11(16-8-15-10)17-13(14)18-12/h8-9H,2-7H2,1H3,(H,15,16,17,18). The van der Waals surface area contributed by atoms with E-state index in [2.05, 4.69) is 31.8 Å². The topological polar surface area (TPSA) is 57.7 Å². The Morgan fingerprint density at radius 1 is 1.42 bits per heavy atom. The zero-order chi connectivity index (χ0) is 13.2. The van der Waals surface area contributed by atoms with Crippen molar-refractivity contribution in [1.82, 2.24) is 19.9 Å². The number of piperidine rings is 1. The van der Waals surface area contributed by atoms with Gasteiger partial charge in [-0.05, 0) is 37.3 Å². The van der Waals surface area contributed by atoms with Gasteiger partial charge in [-0.1, -0.05) is 13.3 Å². The van der Waals surface area contributed by atoms with Crippen molar-refractivity contribution >= 4 is 28.6 Å². The Bertz CT molecular complexity index is 565. The number of nitrogens with zero attached hydrogens (tertiary/aromatic N) is 4. The average molecular weight is 280 g/mol. The molecule has 3 heterocycles. The fourth-order valence-corrected chi connectivity index (χ4v) is 3.07. The first-order valence-corrected chi connectivity index (χ1v) is 7.30. The zero-order valence-corrected chi connectivity index (χ0v) is 11.8. The van der Waals surface area contributed by atoms with Crippen molar-refractivity contribution in [1.29, 1.82) is 0 Å². The molecule has 0 amide bonds. The number of nitrogens with one attached hydrogen (secondary N) is 1. The van der Waals surface area contributed by atoms with Crippen LogP contribution < -0.4 is 4.90 Å². The van der Waals surface area contributed by atoms with Crippen LogP contribution in [0.2, 0.25) is 5.28 Å². The van der Waals surface area contributed by atoms with Gasteiger partial charge in [-0.2, -0.15) is 9.97 Å². The summed E-state index contributed by atoms with van der Waals surface area (Å²) in [5.74, 6) is 0.908. The highest BCUT2D eigenvalue weighted by molar-refractivity contribution is 6.28.